The first-order valence-corrected chi connectivity index (χ1v) is 6.36. The second-order valence-electron chi connectivity index (χ2n) is 4.20. The molecular weight excluding hydrogens is 232 g/mol. The fourth-order valence-electron chi connectivity index (χ4n) is 2.10. The molecule has 1 saturated heterocycles. The zero-order valence-corrected chi connectivity index (χ0v) is 10.3. The number of hydrogen-bond acceptors (Lipinski definition) is 4. The van der Waals surface area contributed by atoms with E-state index in [9.17, 15) is 5.11 Å². The van der Waals surface area contributed by atoms with Gasteiger partial charge in [0.15, 0.2) is 4.47 Å². The minimum Gasteiger partial charge on any atom is -0.387 e. The van der Waals surface area contributed by atoms with Crippen LogP contribution in [0, 0.1) is 0 Å². The smallest absolute Gasteiger partial charge is 0.183 e. The Morgan fingerprint density at radius 3 is 2.93 bits per heavy atom. The largest absolute Gasteiger partial charge is 0.387 e. The van der Waals surface area contributed by atoms with Crippen molar-refractivity contribution in [3.8, 4) is 0 Å². The van der Waals surface area contributed by atoms with Gasteiger partial charge < -0.3 is 5.11 Å². The molecule has 1 aliphatic rings. The minimum atomic E-state index is -0.441. The fraction of sp³-hybridized carbons (Fsp3) is 0.700. The quantitative estimate of drug-likeness (QED) is 0.885. The normalized spacial score (nSPS) is 20.2. The van der Waals surface area contributed by atoms with Crippen molar-refractivity contribution >= 4 is 22.9 Å². The van der Waals surface area contributed by atoms with Crippen LogP contribution >= 0.6 is 22.9 Å². The summed E-state index contributed by atoms with van der Waals surface area (Å²) >= 11 is 7.26. The molecule has 0 aliphatic carbocycles. The number of likely N-dealkylation sites (tertiary alicyclic amines) is 1. The van der Waals surface area contributed by atoms with Crippen LogP contribution in [0.2, 0.25) is 4.47 Å². The number of halogens is 1. The zero-order chi connectivity index (χ0) is 10.9. The average molecular weight is 247 g/mol. The lowest BCUT2D eigenvalue weighted by Crippen LogP contribution is -2.60. The van der Waals surface area contributed by atoms with Crippen LogP contribution in [-0.4, -0.2) is 33.7 Å². The van der Waals surface area contributed by atoms with E-state index in [1.54, 1.807) is 0 Å². The SMILES string of the molecule is CCCC1(O)CN(Cc2cnc(Cl)s2)C1. The molecule has 0 amide bonds. The van der Waals surface area contributed by atoms with Crippen molar-refractivity contribution in [2.75, 3.05) is 13.1 Å². The fourth-order valence-corrected chi connectivity index (χ4v) is 3.12. The summed E-state index contributed by atoms with van der Waals surface area (Å²) in [4.78, 5) is 7.38. The van der Waals surface area contributed by atoms with Gasteiger partial charge in [-0.05, 0) is 6.42 Å². The monoisotopic (exact) mass is 246 g/mol. The molecule has 1 aromatic rings. The van der Waals surface area contributed by atoms with E-state index in [2.05, 4.69) is 16.8 Å². The lowest BCUT2D eigenvalue weighted by atomic mass is 9.89. The van der Waals surface area contributed by atoms with Crippen molar-refractivity contribution in [1.82, 2.24) is 9.88 Å². The first kappa shape index (κ1) is 11.3. The summed E-state index contributed by atoms with van der Waals surface area (Å²) in [6.45, 7) is 4.51. The summed E-state index contributed by atoms with van der Waals surface area (Å²) in [7, 11) is 0. The third-order valence-electron chi connectivity index (χ3n) is 2.66. The number of aromatic nitrogens is 1. The Balaban J connectivity index is 1.80. The molecule has 0 aromatic carbocycles. The molecule has 0 bridgehead atoms. The molecule has 0 unspecified atom stereocenters. The van der Waals surface area contributed by atoms with Crippen molar-refractivity contribution < 1.29 is 5.11 Å². The summed E-state index contributed by atoms with van der Waals surface area (Å²) < 4.78 is 0.592. The standard InChI is InChI=1S/C10H15ClN2OS/c1-2-3-10(14)6-13(7-10)5-8-4-12-9(11)15-8/h4,14H,2-3,5-7H2,1H3. The van der Waals surface area contributed by atoms with Gasteiger partial charge >= 0.3 is 0 Å². The maximum Gasteiger partial charge on any atom is 0.183 e. The molecule has 84 valence electrons. The maximum atomic E-state index is 9.98. The van der Waals surface area contributed by atoms with Crippen molar-refractivity contribution in [2.45, 2.75) is 31.9 Å². The van der Waals surface area contributed by atoms with Crippen LogP contribution in [0.5, 0.6) is 0 Å². The average Bonchev–Trinajstić information content (AvgIpc) is 2.49. The number of β-amino-alcohol motifs (C(OH)–C–C–N with tert-alkyl or cyclic N) is 1. The molecule has 0 radical (unpaired) electrons. The van der Waals surface area contributed by atoms with E-state index in [0.717, 1.165) is 32.5 Å². The van der Waals surface area contributed by atoms with Crippen molar-refractivity contribution in [1.29, 1.82) is 0 Å². The summed E-state index contributed by atoms with van der Waals surface area (Å²) in [5.41, 5.74) is -0.441. The molecule has 1 aromatic heterocycles. The molecule has 1 N–H and O–H groups in total. The highest BCUT2D eigenvalue weighted by Crippen LogP contribution is 2.28. The Morgan fingerprint density at radius 2 is 2.40 bits per heavy atom. The van der Waals surface area contributed by atoms with Crippen LogP contribution in [0.4, 0.5) is 0 Å². The van der Waals surface area contributed by atoms with Gasteiger partial charge in [-0.25, -0.2) is 4.98 Å². The first-order valence-electron chi connectivity index (χ1n) is 5.16. The van der Waals surface area contributed by atoms with E-state index in [0.29, 0.717) is 4.47 Å². The van der Waals surface area contributed by atoms with Crippen LogP contribution in [0.1, 0.15) is 24.6 Å². The number of aliphatic hydroxyl groups is 1. The predicted molar refractivity (Wildman–Crippen MR) is 62.3 cm³/mol. The molecule has 0 atom stereocenters. The van der Waals surface area contributed by atoms with E-state index < -0.39 is 5.60 Å². The zero-order valence-electron chi connectivity index (χ0n) is 8.74. The van der Waals surface area contributed by atoms with Gasteiger partial charge in [0.1, 0.15) is 0 Å². The van der Waals surface area contributed by atoms with Crippen molar-refractivity contribution in [3.05, 3.63) is 15.5 Å². The highest BCUT2D eigenvalue weighted by molar-refractivity contribution is 7.15. The van der Waals surface area contributed by atoms with Gasteiger partial charge in [-0.3, -0.25) is 4.90 Å². The lowest BCUT2D eigenvalue weighted by Gasteiger charge is -2.46. The van der Waals surface area contributed by atoms with Gasteiger partial charge in [-0.15, -0.1) is 11.3 Å². The molecule has 1 aliphatic heterocycles. The minimum absolute atomic E-state index is 0.441. The van der Waals surface area contributed by atoms with E-state index in [1.165, 1.54) is 16.2 Å². The van der Waals surface area contributed by atoms with E-state index in [4.69, 9.17) is 11.6 Å². The van der Waals surface area contributed by atoms with E-state index in [1.807, 2.05) is 6.20 Å². The van der Waals surface area contributed by atoms with Gasteiger partial charge in [0, 0.05) is 30.7 Å². The van der Waals surface area contributed by atoms with Crippen molar-refractivity contribution in [2.24, 2.45) is 0 Å². The highest BCUT2D eigenvalue weighted by Gasteiger charge is 2.39. The first-order chi connectivity index (χ1) is 7.11. The Hall–Kier alpha value is -0.160. The maximum absolute atomic E-state index is 9.98. The van der Waals surface area contributed by atoms with E-state index in [-0.39, 0.29) is 0 Å². The summed E-state index contributed by atoms with van der Waals surface area (Å²) in [5, 5.41) is 9.98. The molecule has 2 heterocycles. The highest BCUT2D eigenvalue weighted by atomic mass is 35.5. The summed E-state index contributed by atoms with van der Waals surface area (Å²) in [5.74, 6) is 0. The number of nitrogens with zero attached hydrogens (tertiary/aromatic N) is 2. The number of hydrogen-bond donors (Lipinski definition) is 1. The molecule has 0 saturated carbocycles. The van der Waals surface area contributed by atoms with Crippen LogP contribution in [0.3, 0.4) is 0 Å². The Labute approximate surface area is 98.7 Å². The Kier molecular flexibility index (Phi) is 3.30. The topological polar surface area (TPSA) is 36.4 Å². The van der Waals surface area contributed by atoms with Crippen LogP contribution < -0.4 is 0 Å². The van der Waals surface area contributed by atoms with Crippen LogP contribution in [0.25, 0.3) is 0 Å². The second-order valence-corrected chi connectivity index (χ2v) is 5.90. The number of rotatable bonds is 4. The summed E-state index contributed by atoms with van der Waals surface area (Å²) in [6.07, 6.45) is 3.74. The lowest BCUT2D eigenvalue weighted by molar-refractivity contribution is -0.106. The van der Waals surface area contributed by atoms with Gasteiger partial charge in [0.05, 0.1) is 5.60 Å². The van der Waals surface area contributed by atoms with Gasteiger partial charge in [-0.1, -0.05) is 24.9 Å². The second kappa shape index (κ2) is 4.37. The molecule has 1 fully saturated rings. The number of thiazole rings is 1. The van der Waals surface area contributed by atoms with Gasteiger partial charge in [0.2, 0.25) is 0 Å². The molecule has 2 rings (SSSR count). The molecule has 0 spiro atoms. The Morgan fingerprint density at radius 1 is 1.67 bits per heavy atom. The molecule has 15 heavy (non-hydrogen) atoms. The third-order valence-corrected chi connectivity index (χ3v) is 3.76. The Bertz CT molecular complexity index is 336. The summed E-state index contributed by atoms with van der Waals surface area (Å²) in [6, 6.07) is 0. The predicted octanol–water partition coefficient (Wildman–Crippen LogP) is 2.14. The molecular formula is C10H15ClN2OS. The van der Waals surface area contributed by atoms with Gasteiger partial charge in [-0.2, -0.15) is 0 Å². The van der Waals surface area contributed by atoms with Crippen molar-refractivity contribution in [3.63, 3.8) is 0 Å². The third kappa shape index (κ3) is 2.69. The van der Waals surface area contributed by atoms with Crippen LogP contribution in [-0.2, 0) is 6.54 Å². The molecule has 3 nitrogen and oxygen atoms in total. The molecule has 5 heteroatoms. The van der Waals surface area contributed by atoms with E-state index >= 15 is 0 Å². The van der Waals surface area contributed by atoms with Crippen LogP contribution in [0.15, 0.2) is 6.20 Å². The van der Waals surface area contributed by atoms with Gasteiger partial charge in [0.25, 0.3) is 0 Å².